The monoisotopic (exact) mass is 175 g/mol. The van der Waals surface area contributed by atoms with Crippen LogP contribution in [0.15, 0.2) is 30.3 Å². The van der Waals surface area contributed by atoms with Crippen LogP contribution in [0.4, 0.5) is 0 Å². The molecule has 1 aliphatic rings. The molecule has 13 heavy (non-hydrogen) atoms. The average Bonchev–Trinajstić information content (AvgIpc) is 2.20. The van der Waals surface area contributed by atoms with Crippen LogP contribution in [0.3, 0.4) is 0 Å². The summed E-state index contributed by atoms with van der Waals surface area (Å²) < 4.78 is 0. The molecule has 2 rings (SSSR count). The van der Waals surface area contributed by atoms with Gasteiger partial charge in [-0.1, -0.05) is 37.3 Å². The van der Waals surface area contributed by atoms with Gasteiger partial charge in [0.15, 0.2) is 0 Å². The van der Waals surface area contributed by atoms with Gasteiger partial charge in [-0.25, -0.2) is 0 Å². The van der Waals surface area contributed by atoms with Gasteiger partial charge in [0.1, 0.15) is 0 Å². The first-order valence-corrected chi connectivity index (χ1v) is 5.13. The third-order valence-electron chi connectivity index (χ3n) is 3.06. The summed E-state index contributed by atoms with van der Waals surface area (Å²) in [6, 6.07) is 10.8. The van der Waals surface area contributed by atoms with Crippen LogP contribution in [-0.4, -0.2) is 13.1 Å². The minimum Gasteiger partial charge on any atom is -0.316 e. The maximum Gasteiger partial charge on any atom is 0.00227 e. The van der Waals surface area contributed by atoms with E-state index in [2.05, 4.69) is 42.6 Å². The Morgan fingerprint density at radius 2 is 2.00 bits per heavy atom. The Kier molecular flexibility index (Phi) is 2.65. The fourth-order valence-electron chi connectivity index (χ4n) is 2.14. The molecule has 1 aliphatic heterocycles. The van der Waals surface area contributed by atoms with Crippen molar-refractivity contribution in [3.05, 3.63) is 35.9 Å². The van der Waals surface area contributed by atoms with Crippen molar-refractivity contribution in [2.24, 2.45) is 5.92 Å². The molecule has 0 amide bonds. The zero-order valence-corrected chi connectivity index (χ0v) is 8.16. The van der Waals surface area contributed by atoms with Crippen molar-refractivity contribution in [1.29, 1.82) is 0 Å². The van der Waals surface area contributed by atoms with Crippen molar-refractivity contribution in [3.8, 4) is 0 Å². The quantitative estimate of drug-likeness (QED) is 0.691. The second-order valence-corrected chi connectivity index (χ2v) is 3.99. The summed E-state index contributed by atoms with van der Waals surface area (Å²) in [5.74, 6) is 1.54. The molecule has 1 fully saturated rings. The summed E-state index contributed by atoms with van der Waals surface area (Å²) in [6.07, 6.45) is 1.31. The maximum atomic E-state index is 3.46. The van der Waals surface area contributed by atoms with Gasteiger partial charge in [-0.15, -0.1) is 0 Å². The summed E-state index contributed by atoms with van der Waals surface area (Å²) in [5, 5.41) is 3.46. The number of nitrogens with one attached hydrogen (secondary N) is 1. The fraction of sp³-hybridized carbons (Fsp3) is 0.500. The lowest BCUT2D eigenvalue weighted by molar-refractivity contribution is 0.348. The molecule has 2 atom stereocenters. The first kappa shape index (κ1) is 8.76. The SMILES string of the molecule is CC1CCNCC1c1ccccc1. The summed E-state index contributed by atoms with van der Waals surface area (Å²) >= 11 is 0. The van der Waals surface area contributed by atoms with E-state index in [0.717, 1.165) is 18.4 Å². The van der Waals surface area contributed by atoms with Gasteiger partial charge in [-0.05, 0) is 30.4 Å². The first-order valence-electron chi connectivity index (χ1n) is 5.13. The number of hydrogen-bond donors (Lipinski definition) is 1. The smallest absolute Gasteiger partial charge is 0.00227 e. The molecule has 0 aromatic heterocycles. The Labute approximate surface area is 80.2 Å². The highest BCUT2D eigenvalue weighted by Crippen LogP contribution is 2.28. The largest absolute Gasteiger partial charge is 0.316 e. The lowest BCUT2D eigenvalue weighted by atomic mass is 9.83. The predicted octanol–water partition coefficient (Wildman–Crippen LogP) is 2.40. The second kappa shape index (κ2) is 3.93. The minimum absolute atomic E-state index is 0.718. The van der Waals surface area contributed by atoms with E-state index in [0.29, 0.717) is 0 Å². The molecule has 1 N–H and O–H groups in total. The van der Waals surface area contributed by atoms with E-state index in [4.69, 9.17) is 0 Å². The van der Waals surface area contributed by atoms with Crippen LogP contribution in [0.2, 0.25) is 0 Å². The topological polar surface area (TPSA) is 12.0 Å². The van der Waals surface area contributed by atoms with Gasteiger partial charge in [-0.3, -0.25) is 0 Å². The van der Waals surface area contributed by atoms with Crippen molar-refractivity contribution in [2.75, 3.05) is 13.1 Å². The fourth-order valence-corrected chi connectivity index (χ4v) is 2.14. The van der Waals surface area contributed by atoms with Gasteiger partial charge in [0, 0.05) is 6.54 Å². The van der Waals surface area contributed by atoms with E-state index in [1.54, 1.807) is 0 Å². The predicted molar refractivity (Wildman–Crippen MR) is 55.8 cm³/mol. The van der Waals surface area contributed by atoms with Crippen LogP contribution in [0.5, 0.6) is 0 Å². The van der Waals surface area contributed by atoms with Gasteiger partial charge in [0.05, 0.1) is 0 Å². The highest BCUT2D eigenvalue weighted by Gasteiger charge is 2.21. The zero-order chi connectivity index (χ0) is 9.10. The normalized spacial score (nSPS) is 28.7. The van der Waals surface area contributed by atoms with Gasteiger partial charge in [0.2, 0.25) is 0 Å². The Morgan fingerprint density at radius 3 is 2.69 bits per heavy atom. The maximum absolute atomic E-state index is 3.46. The van der Waals surface area contributed by atoms with Crippen LogP contribution in [0.1, 0.15) is 24.8 Å². The molecule has 0 bridgehead atoms. The van der Waals surface area contributed by atoms with E-state index >= 15 is 0 Å². The molecule has 1 heteroatoms. The van der Waals surface area contributed by atoms with Gasteiger partial charge in [-0.2, -0.15) is 0 Å². The van der Waals surface area contributed by atoms with Crippen LogP contribution >= 0.6 is 0 Å². The molecular formula is C12H17N. The van der Waals surface area contributed by atoms with Crippen molar-refractivity contribution < 1.29 is 0 Å². The van der Waals surface area contributed by atoms with Gasteiger partial charge < -0.3 is 5.32 Å². The number of hydrogen-bond acceptors (Lipinski definition) is 1. The van der Waals surface area contributed by atoms with E-state index < -0.39 is 0 Å². The molecule has 2 unspecified atom stereocenters. The molecule has 1 saturated heterocycles. The Morgan fingerprint density at radius 1 is 1.23 bits per heavy atom. The molecule has 0 radical (unpaired) electrons. The lowest BCUT2D eigenvalue weighted by Crippen LogP contribution is -2.33. The summed E-state index contributed by atoms with van der Waals surface area (Å²) in [7, 11) is 0. The molecule has 1 heterocycles. The first-order chi connectivity index (χ1) is 6.38. The van der Waals surface area contributed by atoms with Crippen molar-refractivity contribution in [1.82, 2.24) is 5.32 Å². The third kappa shape index (κ3) is 1.92. The molecule has 0 saturated carbocycles. The lowest BCUT2D eigenvalue weighted by Gasteiger charge is -2.29. The summed E-state index contributed by atoms with van der Waals surface area (Å²) in [6.45, 7) is 4.69. The molecule has 0 aliphatic carbocycles. The average molecular weight is 175 g/mol. The molecule has 0 spiro atoms. The number of piperidine rings is 1. The number of benzene rings is 1. The van der Waals surface area contributed by atoms with Gasteiger partial charge in [0.25, 0.3) is 0 Å². The summed E-state index contributed by atoms with van der Waals surface area (Å²) in [4.78, 5) is 0. The van der Waals surface area contributed by atoms with Crippen molar-refractivity contribution >= 4 is 0 Å². The standard InChI is InChI=1S/C12H17N/c1-10-7-8-13-9-12(10)11-5-3-2-4-6-11/h2-6,10,12-13H,7-9H2,1H3. The Bertz CT molecular complexity index is 255. The van der Waals surface area contributed by atoms with Crippen LogP contribution < -0.4 is 5.32 Å². The van der Waals surface area contributed by atoms with Crippen LogP contribution in [0, 0.1) is 5.92 Å². The van der Waals surface area contributed by atoms with E-state index in [9.17, 15) is 0 Å². The minimum atomic E-state index is 0.718. The zero-order valence-electron chi connectivity index (χ0n) is 8.16. The third-order valence-corrected chi connectivity index (χ3v) is 3.06. The molecule has 1 aromatic rings. The van der Waals surface area contributed by atoms with Gasteiger partial charge >= 0.3 is 0 Å². The van der Waals surface area contributed by atoms with Crippen LogP contribution in [0.25, 0.3) is 0 Å². The van der Waals surface area contributed by atoms with E-state index in [1.807, 2.05) is 0 Å². The molecular weight excluding hydrogens is 158 g/mol. The van der Waals surface area contributed by atoms with Crippen molar-refractivity contribution in [2.45, 2.75) is 19.3 Å². The Hall–Kier alpha value is -0.820. The van der Waals surface area contributed by atoms with Crippen LogP contribution in [-0.2, 0) is 0 Å². The highest BCUT2D eigenvalue weighted by molar-refractivity contribution is 5.21. The summed E-state index contributed by atoms with van der Waals surface area (Å²) in [5.41, 5.74) is 1.49. The van der Waals surface area contributed by atoms with E-state index in [1.165, 1.54) is 18.5 Å². The Balaban J connectivity index is 2.15. The second-order valence-electron chi connectivity index (χ2n) is 3.99. The highest BCUT2D eigenvalue weighted by atomic mass is 14.9. The molecule has 1 nitrogen and oxygen atoms in total. The number of rotatable bonds is 1. The van der Waals surface area contributed by atoms with E-state index in [-0.39, 0.29) is 0 Å². The molecule has 70 valence electrons. The van der Waals surface area contributed by atoms with Crippen molar-refractivity contribution in [3.63, 3.8) is 0 Å². The molecule has 1 aromatic carbocycles.